The Labute approximate surface area is 234 Å². The van der Waals surface area contributed by atoms with E-state index in [-0.39, 0.29) is 11.9 Å². The first kappa shape index (κ1) is 25.6. The maximum Gasteiger partial charge on any atom is 0.331 e. The van der Waals surface area contributed by atoms with Crippen molar-refractivity contribution in [1.82, 2.24) is 34.5 Å². The minimum Gasteiger partial charge on any atom is -0.382 e. The summed E-state index contributed by atoms with van der Waals surface area (Å²) in [6.07, 6.45) is 5.05. The van der Waals surface area contributed by atoms with Crippen molar-refractivity contribution in [1.29, 1.82) is 0 Å². The van der Waals surface area contributed by atoms with Crippen molar-refractivity contribution >= 4 is 29.0 Å². The molecule has 41 heavy (non-hydrogen) atoms. The van der Waals surface area contributed by atoms with Crippen LogP contribution in [0.25, 0.3) is 28.0 Å². The van der Waals surface area contributed by atoms with Crippen molar-refractivity contribution in [3.8, 4) is 22.5 Å². The number of carbonyl (C=O) groups is 2. The Kier molecular flexibility index (Phi) is 6.18. The Morgan fingerprint density at radius 3 is 2.73 bits per heavy atom. The van der Waals surface area contributed by atoms with Crippen LogP contribution in [0.5, 0.6) is 0 Å². The number of alkyl halides is 1. The zero-order valence-corrected chi connectivity index (χ0v) is 22.6. The topological polar surface area (TPSA) is 137 Å². The number of rotatable bonds is 4. The number of ether oxygens (including phenoxy) is 1. The number of imide groups is 1. The van der Waals surface area contributed by atoms with Gasteiger partial charge in [-0.1, -0.05) is 17.3 Å². The van der Waals surface area contributed by atoms with Crippen molar-refractivity contribution < 1.29 is 18.7 Å². The second kappa shape index (κ2) is 9.91. The second-order valence-electron chi connectivity index (χ2n) is 10.9. The monoisotopic (exact) mass is 559 g/mol. The largest absolute Gasteiger partial charge is 0.382 e. The maximum atomic E-state index is 14.8. The van der Waals surface area contributed by atoms with E-state index >= 15 is 0 Å². The van der Waals surface area contributed by atoms with Crippen molar-refractivity contribution in [3.63, 3.8) is 0 Å². The molecule has 7 rings (SSSR count). The lowest BCUT2D eigenvalue weighted by Crippen LogP contribution is -2.64. The quantitative estimate of drug-likeness (QED) is 0.401. The van der Waals surface area contributed by atoms with Crippen LogP contribution in [-0.2, 0) is 9.53 Å². The summed E-state index contributed by atoms with van der Waals surface area (Å²) in [5, 5.41) is 13.1. The van der Waals surface area contributed by atoms with Crippen LogP contribution in [0, 0.1) is 5.92 Å². The number of nitrogen functional groups attached to an aromatic ring is 1. The van der Waals surface area contributed by atoms with Crippen molar-refractivity contribution in [2.75, 3.05) is 30.9 Å². The molecule has 2 N–H and O–H groups in total. The molecular weight excluding hydrogens is 529 g/mol. The Balaban J connectivity index is 1.31. The van der Waals surface area contributed by atoms with E-state index in [1.165, 1.54) is 16.1 Å². The molecule has 3 aromatic heterocycles. The van der Waals surface area contributed by atoms with Gasteiger partial charge in [-0.25, -0.2) is 28.3 Å². The molecule has 3 fully saturated rings. The number of amides is 3. The number of benzene rings is 1. The molecule has 0 radical (unpaired) electrons. The van der Waals surface area contributed by atoms with Gasteiger partial charge in [0.2, 0.25) is 5.91 Å². The fourth-order valence-electron chi connectivity index (χ4n) is 6.60. The van der Waals surface area contributed by atoms with Crippen LogP contribution >= 0.6 is 0 Å². The van der Waals surface area contributed by atoms with Crippen LogP contribution in [0.3, 0.4) is 0 Å². The number of hydrogen-bond donors (Lipinski definition) is 1. The van der Waals surface area contributed by atoms with Gasteiger partial charge in [-0.15, -0.1) is 5.10 Å². The number of fused-ring (bicyclic) bond motifs is 2. The smallest absolute Gasteiger partial charge is 0.331 e. The van der Waals surface area contributed by atoms with E-state index in [0.29, 0.717) is 60.8 Å². The third kappa shape index (κ3) is 4.05. The third-order valence-electron chi connectivity index (χ3n) is 8.63. The highest BCUT2D eigenvalue weighted by Gasteiger charge is 2.50. The van der Waals surface area contributed by atoms with E-state index in [0.717, 1.165) is 24.1 Å². The molecule has 12 nitrogen and oxygen atoms in total. The van der Waals surface area contributed by atoms with Crippen molar-refractivity contribution in [2.45, 2.75) is 50.4 Å². The predicted molar refractivity (Wildman–Crippen MR) is 148 cm³/mol. The fraction of sp³-hybridized carbons (Fsp3) is 0.429. The van der Waals surface area contributed by atoms with Gasteiger partial charge in [0, 0.05) is 31.4 Å². The molecule has 3 unspecified atom stereocenters. The summed E-state index contributed by atoms with van der Waals surface area (Å²) >= 11 is 0. The predicted octanol–water partition coefficient (Wildman–Crippen LogP) is 3.49. The van der Waals surface area contributed by atoms with Gasteiger partial charge in [-0.2, -0.15) is 5.10 Å². The van der Waals surface area contributed by atoms with Gasteiger partial charge < -0.3 is 15.4 Å². The molecule has 2 saturated heterocycles. The fourth-order valence-corrected chi connectivity index (χ4v) is 6.60. The highest BCUT2D eigenvalue weighted by Crippen LogP contribution is 2.40. The first-order valence-corrected chi connectivity index (χ1v) is 13.9. The molecule has 5 heterocycles. The lowest BCUT2D eigenvalue weighted by atomic mass is 9.80. The van der Waals surface area contributed by atoms with Crippen LogP contribution in [0.1, 0.15) is 38.1 Å². The molecule has 1 saturated carbocycles. The SMILES string of the molecule is CN1C(=O)N(c2cccc(-c3cc(-c4cnnn4C4CCOCC4)c4c(N)ncnn34)c2)C(=O)C2CCCC(F)C21. The van der Waals surface area contributed by atoms with E-state index in [9.17, 15) is 14.0 Å². The highest BCUT2D eigenvalue weighted by molar-refractivity contribution is 6.17. The molecular formula is C28H30FN9O3. The Morgan fingerprint density at radius 1 is 1.07 bits per heavy atom. The normalized spacial score (nSPS) is 23.8. The Morgan fingerprint density at radius 2 is 1.90 bits per heavy atom. The van der Waals surface area contributed by atoms with Crippen LogP contribution in [-0.4, -0.2) is 78.9 Å². The number of nitrogens with zero attached hydrogens (tertiary/aromatic N) is 8. The van der Waals surface area contributed by atoms with Crippen molar-refractivity contribution in [2.24, 2.45) is 5.92 Å². The number of halogens is 1. The molecule has 3 atom stereocenters. The minimum atomic E-state index is -1.21. The molecule has 0 spiro atoms. The van der Waals surface area contributed by atoms with Gasteiger partial charge in [0.15, 0.2) is 5.82 Å². The van der Waals surface area contributed by atoms with Crippen LogP contribution in [0.2, 0.25) is 0 Å². The summed E-state index contributed by atoms with van der Waals surface area (Å²) in [5.74, 6) is -0.642. The number of carbonyl (C=O) groups excluding carboxylic acids is 2. The van der Waals surface area contributed by atoms with Gasteiger partial charge in [0.25, 0.3) is 0 Å². The van der Waals surface area contributed by atoms with E-state index in [1.54, 1.807) is 36.0 Å². The summed E-state index contributed by atoms with van der Waals surface area (Å²) in [6, 6.07) is 7.98. The molecule has 13 heteroatoms. The van der Waals surface area contributed by atoms with Crippen LogP contribution < -0.4 is 10.6 Å². The summed E-state index contributed by atoms with van der Waals surface area (Å²) in [6.45, 7) is 1.31. The van der Waals surface area contributed by atoms with Crippen molar-refractivity contribution in [3.05, 3.63) is 42.9 Å². The summed E-state index contributed by atoms with van der Waals surface area (Å²) in [4.78, 5) is 33.7. The molecule has 0 bridgehead atoms. The third-order valence-corrected chi connectivity index (χ3v) is 8.63. The van der Waals surface area contributed by atoms with Gasteiger partial charge in [-0.3, -0.25) is 4.79 Å². The average Bonchev–Trinajstić information content (AvgIpc) is 3.63. The molecule has 1 aliphatic carbocycles. The zero-order valence-electron chi connectivity index (χ0n) is 22.6. The van der Waals surface area contributed by atoms with Crippen LogP contribution in [0.4, 0.5) is 20.7 Å². The maximum absolute atomic E-state index is 14.8. The van der Waals surface area contributed by atoms with E-state index < -0.39 is 24.2 Å². The number of nitrogens with two attached hydrogens (primary N) is 1. The Bertz CT molecular complexity index is 1650. The molecule has 3 amide bonds. The average molecular weight is 560 g/mol. The molecule has 212 valence electrons. The van der Waals surface area contributed by atoms with Gasteiger partial charge in [0.05, 0.1) is 41.3 Å². The standard InChI is InChI=1S/C28H30FN9O3/c1-35-24-19(6-3-7-21(24)29)27(39)36(28(35)40)18-5-2-4-16(12-18)22-13-20(25-26(30)31-15-33-38(22)25)23-14-32-34-37(23)17-8-10-41-11-9-17/h2,4-5,12-15,17,19,21,24H,3,6-11H2,1H3,(H2,30,31,33). The summed E-state index contributed by atoms with van der Waals surface area (Å²) in [5.41, 5.74) is 10.3. The Hall–Kier alpha value is -4.39. The first-order valence-electron chi connectivity index (χ1n) is 13.9. The molecule has 2 aliphatic heterocycles. The number of urea groups is 1. The lowest BCUT2D eigenvalue weighted by Gasteiger charge is -2.46. The van der Waals surface area contributed by atoms with E-state index in [4.69, 9.17) is 10.5 Å². The summed E-state index contributed by atoms with van der Waals surface area (Å²) in [7, 11) is 1.57. The van der Waals surface area contributed by atoms with E-state index in [1.807, 2.05) is 16.8 Å². The van der Waals surface area contributed by atoms with E-state index in [2.05, 4.69) is 20.4 Å². The number of aromatic nitrogens is 6. The van der Waals surface area contributed by atoms with Gasteiger partial charge in [-0.05, 0) is 50.3 Å². The minimum absolute atomic E-state index is 0.134. The zero-order chi connectivity index (χ0) is 28.2. The molecule has 3 aliphatic rings. The van der Waals surface area contributed by atoms with Gasteiger partial charge >= 0.3 is 6.03 Å². The highest BCUT2D eigenvalue weighted by atomic mass is 19.1. The molecule has 4 aromatic rings. The summed E-state index contributed by atoms with van der Waals surface area (Å²) < 4.78 is 23.9. The number of anilines is 2. The van der Waals surface area contributed by atoms with Crippen LogP contribution in [0.15, 0.2) is 42.9 Å². The van der Waals surface area contributed by atoms with Gasteiger partial charge in [0.1, 0.15) is 18.0 Å². The molecule has 1 aromatic carbocycles. The second-order valence-corrected chi connectivity index (χ2v) is 10.9. The lowest BCUT2D eigenvalue weighted by molar-refractivity contribution is -0.128. The number of hydrogen-bond acceptors (Lipinski definition) is 8. The first-order chi connectivity index (χ1) is 19.9.